The fourth-order valence-corrected chi connectivity index (χ4v) is 2.07. The summed E-state index contributed by atoms with van der Waals surface area (Å²) in [5.74, 6) is -0.134. The van der Waals surface area contributed by atoms with Crippen LogP contribution in [0.5, 0.6) is 0 Å². The van der Waals surface area contributed by atoms with E-state index in [1.54, 1.807) is 31.3 Å². The molecule has 3 N–H and O–H groups in total. The Balaban J connectivity index is 1.77. The number of carbonyl (C=O) groups is 2. The van der Waals surface area contributed by atoms with E-state index in [0.29, 0.717) is 23.7 Å². The van der Waals surface area contributed by atoms with E-state index in [4.69, 9.17) is 11.6 Å². The fourth-order valence-electron chi connectivity index (χ4n) is 1.95. The van der Waals surface area contributed by atoms with Crippen LogP contribution in [0.15, 0.2) is 48.5 Å². The number of rotatable bonds is 5. The largest absolute Gasteiger partial charge is 0.355 e. The third-order valence-electron chi connectivity index (χ3n) is 3.26. The minimum absolute atomic E-state index is 0.134. The Labute approximate surface area is 140 Å². The Morgan fingerprint density at radius 3 is 1.83 bits per heavy atom. The SMILES string of the molecule is CNC(=O)c1ccc(CNC(=O)NCc2ccc(Cl)cc2)cc1. The highest BCUT2D eigenvalue weighted by Crippen LogP contribution is 2.09. The smallest absolute Gasteiger partial charge is 0.315 e. The molecule has 0 aromatic heterocycles. The Morgan fingerprint density at radius 1 is 0.870 bits per heavy atom. The van der Waals surface area contributed by atoms with Crippen LogP contribution in [0.4, 0.5) is 4.79 Å². The standard InChI is InChI=1S/C17H18ClN3O2/c1-19-16(22)14-6-2-12(3-7-14)10-20-17(23)21-11-13-4-8-15(18)9-5-13/h2-9H,10-11H2,1H3,(H,19,22)(H2,20,21,23). The Morgan fingerprint density at radius 2 is 1.35 bits per heavy atom. The lowest BCUT2D eigenvalue weighted by molar-refractivity contribution is 0.0963. The van der Waals surface area contributed by atoms with Crippen molar-refractivity contribution < 1.29 is 9.59 Å². The lowest BCUT2D eigenvalue weighted by atomic mass is 10.1. The zero-order valence-electron chi connectivity index (χ0n) is 12.7. The van der Waals surface area contributed by atoms with E-state index >= 15 is 0 Å². The monoisotopic (exact) mass is 331 g/mol. The summed E-state index contributed by atoms with van der Waals surface area (Å²) in [5.41, 5.74) is 2.47. The molecule has 3 amide bonds. The predicted octanol–water partition coefficient (Wildman–Crippen LogP) is 2.70. The van der Waals surface area contributed by atoms with Crippen LogP contribution in [-0.4, -0.2) is 19.0 Å². The van der Waals surface area contributed by atoms with E-state index < -0.39 is 0 Å². The van der Waals surface area contributed by atoms with Gasteiger partial charge in [-0.3, -0.25) is 4.79 Å². The minimum Gasteiger partial charge on any atom is -0.355 e. The average Bonchev–Trinajstić information content (AvgIpc) is 2.59. The molecule has 5 nitrogen and oxygen atoms in total. The third kappa shape index (κ3) is 5.30. The molecular formula is C17H18ClN3O2. The van der Waals surface area contributed by atoms with Crippen LogP contribution in [0, 0.1) is 0 Å². The quantitative estimate of drug-likeness (QED) is 0.788. The number of hydrogen-bond acceptors (Lipinski definition) is 2. The van der Waals surface area contributed by atoms with Crippen molar-refractivity contribution in [1.29, 1.82) is 0 Å². The molecule has 23 heavy (non-hydrogen) atoms. The number of amides is 3. The van der Waals surface area contributed by atoms with E-state index in [0.717, 1.165) is 11.1 Å². The molecule has 0 unspecified atom stereocenters. The second-order valence-electron chi connectivity index (χ2n) is 4.94. The first kappa shape index (κ1) is 16.8. The highest BCUT2D eigenvalue weighted by atomic mass is 35.5. The molecule has 0 atom stereocenters. The molecule has 0 aliphatic carbocycles. The first-order valence-electron chi connectivity index (χ1n) is 7.15. The second-order valence-corrected chi connectivity index (χ2v) is 5.38. The van der Waals surface area contributed by atoms with Gasteiger partial charge in [0.1, 0.15) is 0 Å². The van der Waals surface area contributed by atoms with Gasteiger partial charge < -0.3 is 16.0 Å². The number of halogens is 1. The molecule has 0 saturated carbocycles. The van der Waals surface area contributed by atoms with Crippen molar-refractivity contribution in [3.05, 3.63) is 70.2 Å². The summed E-state index contributed by atoms with van der Waals surface area (Å²) in [5, 5.41) is 8.76. The minimum atomic E-state index is -0.254. The summed E-state index contributed by atoms with van der Waals surface area (Å²) < 4.78 is 0. The zero-order chi connectivity index (χ0) is 16.7. The first-order valence-corrected chi connectivity index (χ1v) is 7.53. The van der Waals surface area contributed by atoms with Crippen molar-refractivity contribution in [3.63, 3.8) is 0 Å². The second kappa shape index (κ2) is 8.19. The third-order valence-corrected chi connectivity index (χ3v) is 3.51. The molecule has 0 spiro atoms. The van der Waals surface area contributed by atoms with Crippen LogP contribution < -0.4 is 16.0 Å². The van der Waals surface area contributed by atoms with Crippen LogP contribution in [0.1, 0.15) is 21.5 Å². The van der Waals surface area contributed by atoms with E-state index in [9.17, 15) is 9.59 Å². The van der Waals surface area contributed by atoms with E-state index in [2.05, 4.69) is 16.0 Å². The Kier molecular flexibility index (Phi) is 6.00. The van der Waals surface area contributed by atoms with Gasteiger partial charge in [-0.15, -0.1) is 0 Å². The van der Waals surface area contributed by atoms with Crippen LogP contribution in [0.25, 0.3) is 0 Å². The summed E-state index contributed by atoms with van der Waals surface area (Å²) in [7, 11) is 1.59. The van der Waals surface area contributed by atoms with E-state index in [1.165, 1.54) is 0 Å². The van der Waals surface area contributed by atoms with E-state index in [-0.39, 0.29) is 11.9 Å². The molecule has 0 saturated heterocycles. The maximum atomic E-state index is 11.8. The van der Waals surface area contributed by atoms with Crippen molar-refractivity contribution >= 4 is 23.5 Å². The number of nitrogens with one attached hydrogen (secondary N) is 3. The molecule has 0 aliphatic heterocycles. The molecule has 0 aliphatic rings. The molecule has 0 fully saturated rings. The van der Waals surface area contributed by atoms with Gasteiger partial charge in [-0.25, -0.2) is 4.79 Å². The topological polar surface area (TPSA) is 70.2 Å². The van der Waals surface area contributed by atoms with Crippen molar-refractivity contribution in [2.45, 2.75) is 13.1 Å². The Bertz CT molecular complexity index is 669. The summed E-state index contributed by atoms with van der Waals surface area (Å²) in [6.07, 6.45) is 0. The van der Waals surface area contributed by atoms with Gasteiger partial charge in [0.15, 0.2) is 0 Å². The maximum absolute atomic E-state index is 11.8. The highest BCUT2D eigenvalue weighted by Gasteiger charge is 2.04. The molecule has 2 rings (SSSR count). The zero-order valence-corrected chi connectivity index (χ0v) is 13.5. The van der Waals surface area contributed by atoms with Crippen molar-refractivity contribution in [2.24, 2.45) is 0 Å². The molecular weight excluding hydrogens is 314 g/mol. The first-order chi connectivity index (χ1) is 11.1. The lowest BCUT2D eigenvalue weighted by Crippen LogP contribution is -2.34. The van der Waals surface area contributed by atoms with Crippen molar-refractivity contribution in [1.82, 2.24) is 16.0 Å². The predicted molar refractivity (Wildman–Crippen MR) is 90.4 cm³/mol. The van der Waals surface area contributed by atoms with Gasteiger partial charge in [-0.05, 0) is 35.4 Å². The summed E-state index contributed by atoms with van der Waals surface area (Å²) in [6, 6.07) is 14.1. The van der Waals surface area contributed by atoms with Gasteiger partial charge >= 0.3 is 6.03 Å². The van der Waals surface area contributed by atoms with Crippen LogP contribution >= 0.6 is 11.6 Å². The summed E-state index contributed by atoms with van der Waals surface area (Å²) in [6.45, 7) is 0.819. The van der Waals surface area contributed by atoms with Crippen molar-refractivity contribution in [2.75, 3.05) is 7.05 Å². The molecule has 0 bridgehead atoms. The normalized spacial score (nSPS) is 10.0. The van der Waals surface area contributed by atoms with Gasteiger partial charge in [-0.2, -0.15) is 0 Å². The van der Waals surface area contributed by atoms with Crippen LogP contribution in [0.3, 0.4) is 0 Å². The molecule has 0 radical (unpaired) electrons. The van der Waals surface area contributed by atoms with Crippen molar-refractivity contribution in [3.8, 4) is 0 Å². The summed E-state index contributed by atoms with van der Waals surface area (Å²) in [4.78, 5) is 23.2. The number of hydrogen-bond donors (Lipinski definition) is 3. The lowest BCUT2D eigenvalue weighted by Gasteiger charge is -2.08. The van der Waals surface area contributed by atoms with Crippen LogP contribution in [0.2, 0.25) is 5.02 Å². The average molecular weight is 332 g/mol. The van der Waals surface area contributed by atoms with Crippen LogP contribution in [-0.2, 0) is 13.1 Å². The number of urea groups is 1. The van der Waals surface area contributed by atoms with Gasteiger partial charge in [-0.1, -0.05) is 35.9 Å². The van der Waals surface area contributed by atoms with Gasteiger partial charge in [0.2, 0.25) is 0 Å². The number of benzene rings is 2. The van der Waals surface area contributed by atoms with E-state index in [1.807, 2.05) is 24.3 Å². The number of carbonyl (C=O) groups excluding carboxylic acids is 2. The maximum Gasteiger partial charge on any atom is 0.315 e. The highest BCUT2D eigenvalue weighted by molar-refractivity contribution is 6.30. The molecule has 6 heteroatoms. The summed E-state index contributed by atoms with van der Waals surface area (Å²) >= 11 is 5.81. The molecule has 0 heterocycles. The van der Waals surface area contributed by atoms with Gasteiger partial charge in [0.25, 0.3) is 5.91 Å². The molecule has 2 aromatic rings. The van der Waals surface area contributed by atoms with Gasteiger partial charge in [0.05, 0.1) is 0 Å². The Hall–Kier alpha value is -2.53. The van der Waals surface area contributed by atoms with Gasteiger partial charge in [0, 0.05) is 30.7 Å². The molecule has 2 aromatic carbocycles. The molecule has 120 valence electrons. The fraction of sp³-hybridized carbons (Fsp3) is 0.176.